The van der Waals surface area contributed by atoms with Crippen molar-refractivity contribution in [2.45, 2.75) is 18.5 Å². The van der Waals surface area contributed by atoms with Crippen molar-refractivity contribution in [3.63, 3.8) is 0 Å². The Morgan fingerprint density at radius 3 is 2.61 bits per heavy atom. The number of hydrogen-bond donors (Lipinski definition) is 1. The topological polar surface area (TPSA) is 65.8 Å². The predicted octanol–water partition coefficient (Wildman–Crippen LogP) is 3.31. The van der Waals surface area contributed by atoms with Gasteiger partial charge in [-0.2, -0.15) is 0 Å². The fourth-order valence-corrected chi connectivity index (χ4v) is 3.45. The van der Waals surface area contributed by atoms with E-state index in [9.17, 15) is 4.39 Å². The lowest BCUT2D eigenvalue weighted by atomic mass is 9.90. The molecule has 1 saturated heterocycles. The highest BCUT2D eigenvalue weighted by Gasteiger charge is 2.39. The fraction of sp³-hybridized carbons (Fsp3) is 0.286. The average molecular weight is 382 g/mol. The van der Waals surface area contributed by atoms with Crippen LogP contribution >= 0.6 is 0 Å². The molecule has 1 aromatic heterocycles. The summed E-state index contributed by atoms with van der Waals surface area (Å²) in [6.07, 6.45) is 0.683. The Morgan fingerprint density at radius 1 is 1.00 bits per heavy atom. The van der Waals surface area contributed by atoms with Crippen molar-refractivity contribution in [2.75, 3.05) is 20.0 Å². The third kappa shape index (κ3) is 3.34. The maximum atomic E-state index is 13.1. The Bertz CT molecular complexity index is 982. The first-order valence-corrected chi connectivity index (χ1v) is 9.12. The molecule has 0 spiro atoms. The lowest BCUT2D eigenvalue weighted by Gasteiger charge is -2.42. The summed E-state index contributed by atoms with van der Waals surface area (Å²) in [5, 5.41) is 7.78. The minimum absolute atomic E-state index is 0.187. The van der Waals surface area contributed by atoms with Crippen LogP contribution in [0.3, 0.4) is 0 Å². The Balaban J connectivity index is 1.26. The Hall–Kier alpha value is -2.90. The summed E-state index contributed by atoms with van der Waals surface area (Å²) in [4.78, 5) is 0. The molecule has 3 heterocycles. The van der Waals surface area contributed by atoms with Crippen molar-refractivity contribution in [2.24, 2.45) is 0 Å². The molecule has 1 fully saturated rings. The van der Waals surface area contributed by atoms with E-state index < -0.39 is 0 Å². The first-order chi connectivity index (χ1) is 13.7. The van der Waals surface area contributed by atoms with Gasteiger partial charge in [-0.15, -0.1) is 0 Å². The summed E-state index contributed by atoms with van der Waals surface area (Å²) in [6, 6.07) is 14.0. The van der Waals surface area contributed by atoms with Gasteiger partial charge >= 0.3 is 0 Å². The van der Waals surface area contributed by atoms with Gasteiger partial charge in [0.15, 0.2) is 17.3 Å². The zero-order chi connectivity index (χ0) is 19.0. The Labute approximate surface area is 161 Å². The average Bonchev–Trinajstić information content (AvgIpc) is 3.33. The molecule has 7 heteroatoms. The van der Waals surface area contributed by atoms with Crippen LogP contribution in [0.25, 0.3) is 11.3 Å². The first kappa shape index (κ1) is 17.2. The van der Waals surface area contributed by atoms with Crippen LogP contribution in [-0.2, 0) is 17.7 Å². The Morgan fingerprint density at radius 2 is 1.82 bits per heavy atom. The molecule has 3 aromatic rings. The molecule has 2 aliphatic rings. The fourth-order valence-electron chi connectivity index (χ4n) is 3.45. The van der Waals surface area contributed by atoms with Gasteiger partial charge in [-0.25, -0.2) is 4.39 Å². The van der Waals surface area contributed by atoms with Crippen molar-refractivity contribution in [1.82, 2.24) is 10.5 Å². The Kier molecular flexibility index (Phi) is 4.26. The molecule has 5 rings (SSSR count). The van der Waals surface area contributed by atoms with Crippen LogP contribution in [0.4, 0.5) is 4.39 Å². The summed E-state index contributed by atoms with van der Waals surface area (Å²) in [7, 11) is 0. The molecule has 2 aromatic carbocycles. The van der Waals surface area contributed by atoms with Crippen molar-refractivity contribution >= 4 is 0 Å². The highest BCUT2D eigenvalue weighted by Crippen LogP contribution is 2.33. The smallest absolute Gasteiger partial charge is 0.231 e. The second-order valence-corrected chi connectivity index (χ2v) is 7.18. The third-order valence-electron chi connectivity index (χ3n) is 5.07. The zero-order valence-corrected chi connectivity index (χ0v) is 15.1. The molecule has 0 aliphatic carbocycles. The second-order valence-electron chi connectivity index (χ2n) is 7.18. The van der Waals surface area contributed by atoms with Crippen LogP contribution in [-0.4, -0.2) is 30.7 Å². The van der Waals surface area contributed by atoms with Crippen LogP contribution in [0.1, 0.15) is 11.3 Å². The molecule has 0 atom stereocenters. The second kappa shape index (κ2) is 6.92. The van der Waals surface area contributed by atoms with Crippen LogP contribution in [0.2, 0.25) is 0 Å². The highest BCUT2D eigenvalue weighted by molar-refractivity contribution is 5.57. The largest absolute Gasteiger partial charge is 0.454 e. The van der Waals surface area contributed by atoms with Gasteiger partial charge in [0.2, 0.25) is 6.79 Å². The number of halogens is 1. The van der Waals surface area contributed by atoms with E-state index in [1.807, 2.05) is 24.3 Å². The molecular weight excluding hydrogens is 363 g/mol. The quantitative estimate of drug-likeness (QED) is 0.706. The normalized spacial score (nSPS) is 16.8. The summed E-state index contributed by atoms with van der Waals surface area (Å²) in [6.45, 7) is 2.17. The van der Waals surface area contributed by atoms with Gasteiger partial charge in [0.05, 0.1) is 24.4 Å². The lowest BCUT2D eigenvalue weighted by Crippen LogP contribution is -2.61. The van der Waals surface area contributed by atoms with E-state index in [-0.39, 0.29) is 18.1 Å². The molecule has 2 aliphatic heterocycles. The number of aromatic nitrogens is 1. The van der Waals surface area contributed by atoms with E-state index in [2.05, 4.69) is 10.5 Å². The van der Waals surface area contributed by atoms with Crippen molar-refractivity contribution < 1.29 is 23.1 Å². The molecule has 0 saturated carbocycles. The van der Waals surface area contributed by atoms with Crippen LogP contribution in [0.5, 0.6) is 11.5 Å². The van der Waals surface area contributed by atoms with E-state index in [1.165, 1.54) is 12.1 Å². The minimum Gasteiger partial charge on any atom is -0.454 e. The van der Waals surface area contributed by atoms with Crippen molar-refractivity contribution in [3.8, 4) is 22.8 Å². The van der Waals surface area contributed by atoms with Gasteiger partial charge in [-0.05, 0) is 42.0 Å². The maximum Gasteiger partial charge on any atom is 0.231 e. The van der Waals surface area contributed by atoms with Gasteiger partial charge in [-0.3, -0.25) is 0 Å². The van der Waals surface area contributed by atoms with Gasteiger partial charge in [0.1, 0.15) is 5.82 Å². The molecule has 0 radical (unpaired) electrons. The molecule has 1 N–H and O–H groups in total. The maximum absolute atomic E-state index is 13.1. The molecule has 0 bridgehead atoms. The summed E-state index contributed by atoms with van der Waals surface area (Å²) >= 11 is 0. The van der Waals surface area contributed by atoms with E-state index in [0.717, 1.165) is 28.3 Å². The van der Waals surface area contributed by atoms with Crippen molar-refractivity contribution in [3.05, 3.63) is 65.6 Å². The number of rotatable bonds is 6. The number of fused-ring (bicyclic) bond motifs is 1. The number of hydrogen-bond acceptors (Lipinski definition) is 6. The lowest BCUT2D eigenvalue weighted by molar-refractivity contribution is -0.0755. The van der Waals surface area contributed by atoms with Gasteiger partial charge < -0.3 is 24.1 Å². The minimum atomic E-state index is -0.276. The van der Waals surface area contributed by atoms with Gasteiger partial charge in [0.25, 0.3) is 0 Å². The van der Waals surface area contributed by atoms with Crippen LogP contribution in [0, 0.1) is 5.82 Å². The van der Waals surface area contributed by atoms with Gasteiger partial charge in [0, 0.05) is 24.6 Å². The molecule has 144 valence electrons. The van der Waals surface area contributed by atoms with E-state index in [1.54, 1.807) is 12.1 Å². The van der Waals surface area contributed by atoms with E-state index in [0.29, 0.717) is 31.9 Å². The predicted molar refractivity (Wildman–Crippen MR) is 98.6 cm³/mol. The van der Waals surface area contributed by atoms with Gasteiger partial charge in [-0.1, -0.05) is 11.2 Å². The monoisotopic (exact) mass is 382 g/mol. The number of nitrogens with one attached hydrogen (secondary N) is 1. The summed E-state index contributed by atoms with van der Waals surface area (Å²) < 4.78 is 34.8. The molecular formula is C21H19FN2O4. The zero-order valence-electron chi connectivity index (χ0n) is 15.1. The van der Waals surface area contributed by atoms with Crippen LogP contribution < -0.4 is 14.8 Å². The number of benzene rings is 2. The third-order valence-corrected chi connectivity index (χ3v) is 5.07. The summed E-state index contributed by atoms with van der Waals surface area (Å²) in [5.41, 5.74) is 2.56. The van der Waals surface area contributed by atoms with Crippen LogP contribution in [0.15, 0.2) is 53.1 Å². The number of ether oxygens (including phenoxy) is 3. The first-order valence-electron chi connectivity index (χ1n) is 9.12. The molecule has 6 nitrogen and oxygen atoms in total. The number of nitrogens with zero attached hydrogens (tertiary/aromatic N) is 1. The molecule has 0 amide bonds. The van der Waals surface area contributed by atoms with E-state index >= 15 is 0 Å². The highest BCUT2D eigenvalue weighted by atomic mass is 19.1. The molecule has 28 heavy (non-hydrogen) atoms. The van der Waals surface area contributed by atoms with E-state index in [4.69, 9.17) is 18.7 Å². The standard InChI is InChI=1S/C21H19FN2O4/c22-16-4-2-15(3-5-16)19-8-17(24-28-19)9-21(11-25-12-21)23-10-14-1-6-18-20(7-14)27-13-26-18/h1-8,23H,9-13H2. The summed E-state index contributed by atoms with van der Waals surface area (Å²) in [5.74, 6) is 1.91. The van der Waals surface area contributed by atoms with Crippen molar-refractivity contribution in [1.29, 1.82) is 0 Å². The molecule has 0 unspecified atom stereocenters. The SMILES string of the molecule is Fc1ccc(-c2cc(CC3(NCc4ccc5c(c4)OCO5)COC3)no2)cc1.